The number of ether oxygens (including phenoxy) is 3. The number of rotatable bonds is 6. The number of nitrogens with one attached hydrogen (secondary N) is 1. The van der Waals surface area contributed by atoms with E-state index < -0.39 is 18.5 Å². The molecule has 0 aliphatic carbocycles. The van der Waals surface area contributed by atoms with E-state index in [0.717, 1.165) is 0 Å². The zero-order chi connectivity index (χ0) is 18.5. The molecule has 0 atom stereocenters. The number of benzene rings is 1. The van der Waals surface area contributed by atoms with E-state index in [1.807, 2.05) is 0 Å². The highest BCUT2D eigenvalue weighted by Gasteiger charge is 2.26. The predicted molar refractivity (Wildman–Crippen MR) is 97.5 cm³/mol. The first-order chi connectivity index (χ1) is 12.5. The van der Waals surface area contributed by atoms with Gasteiger partial charge in [0.05, 0.1) is 11.3 Å². The van der Waals surface area contributed by atoms with E-state index in [4.69, 9.17) is 26.4 Å². The van der Waals surface area contributed by atoms with Crippen LogP contribution in [0, 0.1) is 0 Å². The van der Waals surface area contributed by atoms with Crippen LogP contribution in [0.3, 0.4) is 0 Å². The van der Waals surface area contributed by atoms with Crippen molar-refractivity contribution < 1.29 is 28.6 Å². The van der Waals surface area contributed by atoms with Gasteiger partial charge in [0.15, 0.2) is 18.1 Å². The normalized spacial score (nSPS) is 15.8. The third-order valence-electron chi connectivity index (χ3n) is 3.61. The van der Waals surface area contributed by atoms with Gasteiger partial charge in [0.25, 0.3) is 5.91 Å². The number of fused-ring (bicyclic) bond motifs is 1. The Bertz CT molecular complexity index is 738. The van der Waals surface area contributed by atoms with Crippen LogP contribution in [0.25, 0.3) is 0 Å². The minimum absolute atomic E-state index is 0.0701. The number of nitrogens with zero attached hydrogens (tertiary/aromatic N) is 1. The lowest BCUT2D eigenvalue weighted by Crippen LogP contribution is -2.38. The van der Waals surface area contributed by atoms with E-state index in [0.29, 0.717) is 41.3 Å². The van der Waals surface area contributed by atoms with Crippen molar-refractivity contribution in [2.75, 3.05) is 38.7 Å². The van der Waals surface area contributed by atoms with Crippen molar-refractivity contribution in [3.63, 3.8) is 0 Å². The molecule has 2 heterocycles. The number of hydrogen-bond donors (Lipinski definition) is 1. The quantitative estimate of drug-likeness (QED) is 0.552. The summed E-state index contributed by atoms with van der Waals surface area (Å²) in [7, 11) is 0. The average molecular weight is 396 g/mol. The van der Waals surface area contributed by atoms with Gasteiger partial charge in [-0.15, -0.1) is 0 Å². The Morgan fingerprint density at radius 2 is 2.04 bits per heavy atom. The van der Waals surface area contributed by atoms with Crippen LogP contribution in [0.4, 0.5) is 0 Å². The van der Waals surface area contributed by atoms with Gasteiger partial charge in [0.1, 0.15) is 17.5 Å². The van der Waals surface area contributed by atoms with Crippen LogP contribution in [0.15, 0.2) is 18.2 Å². The predicted octanol–water partition coefficient (Wildman–Crippen LogP) is 0.591. The third kappa shape index (κ3) is 4.44. The lowest BCUT2D eigenvalue weighted by Gasteiger charge is -2.18. The molecule has 2 amide bonds. The number of thiocarbonyl (C=S) groups is 1. The fourth-order valence-corrected chi connectivity index (χ4v) is 3.46. The Morgan fingerprint density at radius 3 is 2.77 bits per heavy atom. The first-order valence-electron chi connectivity index (χ1n) is 7.85. The smallest absolute Gasteiger partial charge is 0.338 e. The topological polar surface area (TPSA) is 94.2 Å². The Kier molecular flexibility index (Phi) is 5.94. The summed E-state index contributed by atoms with van der Waals surface area (Å²) in [6.07, 6.45) is 0. The summed E-state index contributed by atoms with van der Waals surface area (Å²) in [6, 6.07) is 4.69. The average Bonchev–Trinajstić information content (AvgIpc) is 2.97. The molecular weight excluding hydrogens is 380 g/mol. The second-order valence-electron chi connectivity index (χ2n) is 5.38. The summed E-state index contributed by atoms with van der Waals surface area (Å²) in [5, 5.41) is 2.58. The zero-order valence-corrected chi connectivity index (χ0v) is 15.3. The minimum atomic E-state index is -0.635. The lowest BCUT2D eigenvalue weighted by atomic mass is 10.2. The van der Waals surface area contributed by atoms with Crippen molar-refractivity contribution in [1.29, 1.82) is 0 Å². The van der Waals surface area contributed by atoms with Gasteiger partial charge in [-0.25, -0.2) is 4.79 Å². The molecule has 2 aliphatic heterocycles. The van der Waals surface area contributed by atoms with Gasteiger partial charge in [-0.2, -0.15) is 0 Å². The third-order valence-corrected chi connectivity index (χ3v) is 5.04. The van der Waals surface area contributed by atoms with Crippen LogP contribution in [-0.2, 0) is 14.3 Å². The monoisotopic (exact) mass is 396 g/mol. The molecule has 8 nitrogen and oxygen atoms in total. The molecular formula is C16H16N2O6S2. The summed E-state index contributed by atoms with van der Waals surface area (Å²) < 4.78 is 16.3. The van der Waals surface area contributed by atoms with E-state index in [9.17, 15) is 14.4 Å². The molecule has 1 aromatic carbocycles. The van der Waals surface area contributed by atoms with Crippen LogP contribution in [-0.4, -0.2) is 65.7 Å². The number of esters is 1. The fraction of sp³-hybridized carbons (Fsp3) is 0.375. The van der Waals surface area contributed by atoms with E-state index in [2.05, 4.69) is 5.32 Å². The van der Waals surface area contributed by atoms with E-state index in [-0.39, 0.29) is 18.0 Å². The molecule has 26 heavy (non-hydrogen) atoms. The Balaban J connectivity index is 1.42. The van der Waals surface area contributed by atoms with Crippen LogP contribution < -0.4 is 14.8 Å². The molecule has 138 valence electrons. The molecule has 1 fully saturated rings. The van der Waals surface area contributed by atoms with Gasteiger partial charge < -0.3 is 19.5 Å². The summed E-state index contributed by atoms with van der Waals surface area (Å²) in [5.41, 5.74) is 0.270. The molecule has 0 unspecified atom stereocenters. The Hall–Kier alpha value is -2.33. The lowest BCUT2D eigenvalue weighted by molar-refractivity contribution is -0.126. The number of carbonyl (C=O) groups is 3. The maximum absolute atomic E-state index is 12.0. The maximum atomic E-state index is 12.0. The summed E-state index contributed by atoms with van der Waals surface area (Å²) in [6.45, 7) is 0.985. The van der Waals surface area contributed by atoms with Crippen molar-refractivity contribution in [3.05, 3.63) is 23.8 Å². The molecule has 10 heteroatoms. The standard InChI is InChI=1S/C16H16N2O6S2/c19-13(17-3-4-18-14(20)9-26-16(18)25)8-24-15(21)10-1-2-11-12(7-10)23-6-5-22-11/h1-2,7H,3-6,8-9H2,(H,17,19). The van der Waals surface area contributed by atoms with E-state index in [1.165, 1.54) is 22.7 Å². The van der Waals surface area contributed by atoms with Gasteiger partial charge in [-0.1, -0.05) is 24.0 Å². The number of carbonyl (C=O) groups excluding carboxylic acids is 3. The fourth-order valence-electron chi connectivity index (χ4n) is 2.34. The van der Waals surface area contributed by atoms with Crippen LogP contribution in [0.5, 0.6) is 11.5 Å². The number of thioether (sulfide) groups is 1. The molecule has 3 rings (SSSR count). The summed E-state index contributed by atoms with van der Waals surface area (Å²) >= 11 is 6.35. The summed E-state index contributed by atoms with van der Waals surface area (Å²) in [5.74, 6) is 0.210. The number of hydrogen-bond acceptors (Lipinski definition) is 8. The number of amides is 2. The molecule has 0 spiro atoms. The van der Waals surface area contributed by atoms with Crippen molar-refractivity contribution in [3.8, 4) is 11.5 Å². The van der Waals surface area contributed by atoms with Crippen molar-refractivity contribution >= 4 is 46.1 Å². The molecule has 1 saturated heterocycles. The SMILES string of the molecule is O=C(COC(=O)c1ccc2c(c1)OCCO2)NCCN1C(=O)CSC1=S. The van der Waals surface area contributed by atoms with Gasteiger partial charge in [-0.05, 0) is 18.2 Å². The van der Waals surface area contributed by atoms with E-state index in [1.54, 1.807) is 12.1 Å². The second kappa shape index (κ2) is 8.37. The molecule has 0 saturated carbocycles. The molecule has 0 radical (unpaired) electrons. The summed E-state index contributed by atoms with van der Waals surface area (Å²) in [4.78, 5) is 36.8. The molecule has 0 aromatic heterocycles. The zero-order valence-electron chi connectivity index (χ0n) is 13.7. The molecule has 1 aromatic rings. The minimum Gasteiger partial charge on any atom is -0.486 e. The van der Waals surface area contributed by atoms with Gasteiger partial charge >= 0.3 is 5.97 Å². The highest BCUT2D eigenvalue weighted by molar-refractivity contribution is 8.23. The van der Waals surface area contributed by atoms with Crippen molar-refractivity contribution in [1.82, 2.24) is 10.2 Å². The molecule has 2 aliphatic rings. The Labute approximate surface area is 159 Å². The maximum Gasteiger partial charge on any atom is 0.338 e. The molecule has 1 N–H and O–H groups in total. The van der Waals surface area contributed by atoms with Crippen LogP contribution in [0.1, 0.15) is 10.4 Å². The van der Waals surface area contributed by atoms with Gasteiger partial charge in [0.2, 0.25) is 5.91 Å². The molecule has 0 bridgehead atoms. The highest BCUT2D eigenvalue weighted by atomic mass is 32.2. The van der Waals surface area contributed by atoms with Crippen molar-refractivity contribution in [2.45, 2.75) is 0 Å². The van der Waals surface area contributed by atoms with Crippen LogP contribution in [0.2, 0.25) is 0 Å². The first kappa shape index (κ1) is 18.5. The Morgan fingerprint density at radius 1 is 1.27 bits per heavy atom. The van der Waals surface area contributed by atoms with E-state index >= 15 is 0 Å². The van der Waals surface area contributed by atoms with Gasteiger partial charge in [0, 0.05) is 13.1 Å². The van der Waals surface area contributed by atoms with Crippen molar-refractivity contribution in [2.24, 2.45) is 0 Å². The first-order valence-corrected chi connectivity index (χ1v) is 9.24. The second-order valence-corrected chi connectivity index (χ2v) is 6.99. The van der Waals surface area contributed by atoms with Crippen LogP contribution >= 0.6 is 24.0 Å². The van der Waals surface area contributed by atoms with Gasteiger partial charge in [-0.3, -0.25) is 14.5 Å². The highest BCUT2D eigenvalue weighted by Crippen LogP contribution is 2.30. The largest absolute Gasteiger partial charge is 0.486 e.